The van der Waals surface area contributed by atoms with E-state index < -0.39 is 11.9 Å². The number of hydrogen-bond donors (Lipinski definition) is 1. The number of hydrazone groups is 1. The highest BCUT2D eigenvalue weighted by Crippen LogP contribution is 2.35. The second-order valence-electron chi connectivity index (χ2n) is 4.99. The summed E-state index contributed by atoms with van der Waals surface area (Å²) < 4.78 is 5.54. The van der Waals surface area contributed by atoms with Gasteiger partial charge >= 0.3 is 5.97 Å². The Bertz CT molecular complexity index is 510. The van der Waals surface area contributed by atoms with Crippen molar-refractivity contribution in [3.05, 3.63) is 29.8 Å². The van der Waals surface area contributed by atoms with Crippen molar-refractivity contribution in [3.63, 3.8) is 0 Å². The zero-order valence-corrected chi connectivity index (χ0v) is 12.0. The average Bonchev–Trinajstić information content (AvgIpc) is 2.72. The van der Waals surface area contributed by atoms with Crippen molar-refractivity contribution in [2.24, 2.45) is 11.0 Å². The Labute approximate surface area is 118 Å². The third kappa shape index (κ3) is 2.76. The Morgan fingerprint density at radius 1 is 1.40 bits per heavy atom. The van der Waals surface area contributed by atoms with Crippen LogP contribution in [0, 0.1) is 5.92 Å². The molecule has 108 valence electrons. The average molecular weight is 276 g/mol. The molecule has 5 heteroatoms. The number of rotatable bonds is 5. The molecule has 0 saturated heterocycles. The smallest absolute Gasteiger partial charge is 0.314 e. The predicted molar refractivity (Wildman–Crippen MR) is 77.0 cm³/mol. The van der Waals surface area contributed by atoms with Crippen LogP contribution in [-0.2, 0) is 4.79 Å². The van der Waals surface area contributed by atoms with Gasteiger partial charge in [0.2, 0.25) is 0 Å². The van der Waals surface area contributed by atoms with E-state index in [-0.39, 0.29) is 6.04 Å². The van der Waals surface area contributed by atoms with Crippen LogP contribution in [0.15, 0.2) is 29.4 Å². The molecule has 0 radical (unpaired) electrons. The van der Waals surface area contributed by atoms with Crippen LogP contribution in [-0.4, -0.2) is 35.5 Å². The van der Waals surface area contributed by atoms with Gasteiger partial charge in [-0.25, -0.2) is 0 Å². The number of benzene rings is 1. The molecule has 1 aromatic carbocycles. The summed E-state index contributed by atoms with van der Waals surface area (Å²) in [6.45, 7) is 4.50. The molecule has 1 aromatic rings. The minimum absolute atomic E-state index is 0.257. The molecule has 0 fully saturated rings. The Morgan fingerprint density at radius 3 is 2.60 bits per heavy atom. The van der Waals surface area contributed by atoms with Gasteiger partial charge in [0.15, 0.2) is 0 Å². The van der Waals surface area contributed by atoms with Crippen LogP contribution in [0.5, 0.6) is 5.75 Å². The summed E-state index contributed by atoms with van der Waals surface area (Å²) in [4.78, 5) is 11.4. The molecule has 2 atom stereocenters. The van der Waals surface area contributed by atoms with Crippen molar-refractivity contribution in [1.82, 2.24) is 5.01 Å². The highest BCUT2D eigenvalue weighted by Gasteiger charge is 2.39. The van der Waals surface area contributed by atoms with Gasteiger partial charge in [0, 0.05) is 7.05 Å². The number of carbonyl (C=O) groups is 1. The van der Waals surface area contributed by atoms with Crippen LogP contribution in [0.4, 0.5) is 0 Å². The summed E-state index contributed by atoms with van der Waals surface area (Å²) in [5.41, 5.74) is 1.57. The van der Waals surface area contributed by atoms with Gasteiger partial charge in [-0.05, 0) is 31.0 Å². The van der Waals surface area contributed by atoms with Gasteiger partial charge < -0.3 is 9.84 Å². The molecule has 0 spiro atoms. The minimum atomic E-state index is -0.841. The third-order valence-electron chi connectivity index (χ3n) is 3.44. The predicted octanol–water partition coefficient (Wildman–Crippen LogP) is 2.54. The molecule has 1 heterocycles. The summed E-state index contributed by atoms with van der Waals surface area (Å²) >= 11 is 0. The van der Waals surface area contributed by atoms with E-state index in [2.05, 4.69) is 12.0 Å². The molecule has 20 heavy (non-hydrogen) atoms. The Balaban J connectivity index is 2.20. The Hall–Kier alpha value is -2.04. The molecule has 1 aliphatic heterocycles. The first-order valence-electron chi connectivity index (χ1n) is 6.78. The van der Waals surface area contributed by atoms with Crippen molar-refractivity contribution >= 4 is 11.7 Å². The van der Waals surface area contributed by atoms with E-state index in [1.807, 2.05) is 24.3 Å². The molecule has 0 aromatic heterocycles. The zero-order valence-electron chi connectivity index (χ0n) is 12.0. The van der Waals surface area contributed by atoms with Crippen molar-refractivity contribution < 1.29 is 14.6 Å². The van der Waals surface area contributed by atoms with Crippen molar-refractivity contribution in [1.29, 1.82) is 0 Å². The zero-order chi connectivity index (χ0) is 14.7. The fourth-order valence-corrected chi connectivity index (χ4v) is 2.52. The molecule has 1 N–H and O–H groups in total. The van der Waals surface area contributed by atoms with E-state index in [4.69, 9.17) is 4.74 Å². The molecule has 2 rings (SSSR count). The van der Waals surface area contributed by atoms with Crippen LogP contribution in [0.2, 0.25) is 0 Å². The summed E-state index contributed by atoms with van der Waals surface area (Å²) in [6, 6.07) is 7.33. The lowest BCUT2D eigenvalue weighted by atomic mass is 9.91. The van der Waals surface area contributed by atoms with Crippen LogP contribution in [0.3, 0.4) is 0 Å². The van der Waals surface area contributed by atoms with Gasteiger partial charge in [-0.15, -0.1) is 0 Å². The lowest BCUT2D eigenvalue weighted by Crippen LogP contribution is -2.28. The van der Waals surface area contributed by atoms with E-state index in [1.165, 1.54) is 0 Å². The lowest BCUT2D eigenvalue weighted by Gasteiger charge is -2.23. The van der Waals surface area contributed by atoms with Gasteiger partial charge in [0.1, 0.15) is 11.7 Å². The molecule has 2 unspecified atom stereocenters. The second-order valence-corrected chi connectivity index (χ2v) is 4.99. The van der Waals surface area contributed by atoms with E-state index in [1.54, 1.807) is 19.0 Å². The largest absolute Gasteiger partial charge is 0.494 e. The van der Waals surface area contributed by atoms with Gasteiger partial charge in [-0.1, -0.05) is 19.1 Å². The van der Waals surface area contributed by atoms with Gasteiger partial charge in [0.25, 0.3) is 0 Å². The van der Waals surface area contributed by atoms with E-state index in [0.717, 1.165) is 17.7 Å². The second kappa shape index (κ2) is 5.94. The molecule has 0 aliphatic carbocycles. The number of ether oxygens (including phenoxy) is 1. The first-order chi connectivity index (χ1) is 9.54. The van der Waals surface area contributed by atoms with Crippen LogP contribution >= 0.6 is 0 Å². The number of aliphatic carboxylic acids is 1. The summed E-state index contributed by atoms with van der Waals surface area (Å²) in [7, 11) is 1.80. The highest BCUT2D eigenvalue weighted by atomic mass is 16.5. The van der Waals surface area contributed by atoms with Gasteiger partial charge in [-0.3, -0.25) is 9.80 Å². The summed E-state index contributed by atoms with van der Waals surface area (Å²) in [5, 5.41) is 15.3. The summed E-state index contributed by atoms with van der Waals surface area (Å²) in [6.07, 6.45) is 0.960. The Morgan fingerprint density at radius 2 is 2.05 bits per heavy atom. The molecule has 5 nitrogen and oxygen atoms in total. The highest BCUT2D eigenvalue weighted by molar-refractivity contribution is 6.02. The van der Waals surface area contributed by atoms with Crippen LogP contribution in [0.1, 0.15) is 31.9 Å². The maximum absolute atomic E-state index is 11.4. The quantitative estimate of drug-likeness (QED) is 0.897. The molecular formula is C15H20N2O3. The normalized spacial score (nSPS) is 21.8. The first kappa shape index (κ1) is 14.4. The SMILES string of the molecule is CCCOc1ccc(C2C(C(=O)O)C(C)=NN2C)cc1. The topological polar surface area (TPSA) is 62.1 Å². The number of carboxylic acids is 1. The minimum Gasteiger partial charge on any atom is -0.494 e. The molecule has 0 saturated carbocycles. The van der Waals surface area contributed by atoms with Gasteiger partial charge in [0.05, 0.1) is 18.4 Å². The third-order valence-corrected chi connectivity index (χ3v) is 3.44. The molecule has 0 amide bonds. The maximum atomic E-state index is 11.4. The fourth-order valence-electron chi connectivity index (χ4n) is 2.52. The standard InChI is InChI=1S/C15H20N2O3/c1-4-9-20-12-7-5-11(6-8-12)14-13(15(18)19)10(2)16-17(14)3/h5-8,13-14H,4,9H2,1-3H3,(H,18,19). The molecule has 1 aliphatic rings. The Kier molecular flexibility index (Phi) is 4.27. The fraction of sp³-hybridized carbons (Fsp3) is 0.467. The first-order valence-corrected chi connectivity index (χ1v) is 6.78. The van der Waals surface area contributed by atoms with Crippen molar-refractivity contribution in [2.75, 3.05) is 13.7 Å². The van der Waals surface area contributed by atoms with Crippen molar-refractivity contribution in [3.8, 4) is 5.75 Å². The molecule has 0 bridgehead atoms. The number of carboxylic acid groups (broad SMARTS) is 1. The van der Waals surface area contributed by atoms with E-state index in [0.29, 0.717) is 12.3 Å². The van der Waals surface area contributed by atoms with Crippen LogP contribution < -0.4 is 4.74 Å². The molecular weight excluding hydrogens is 256 g/mol. The summed E-state index contributed by atoms with van der Waals surface area (Å²) in [5.74, 6) is -0.630. The monoisotopic (exact) mass is 276 g/mol. The van der Waals surface area contributed by atoms with E-state index >= 15 is 0 Å². The number of hydrogen-bond acceptors (Lipinski definition) is 4. The number of nitrogens with zero attached hydrogens (tertiary/aromatic N) is 2. The lowest BCUT2D eigenvalue weighted by molar-refractivity contribution is -0.140. The van der Waals surface area contributed by atoms with Crippen LogP contribution in [0.25, 0.3) is 0 Å². The maximum Gasteiger partial charge on any atom is 0.314 e. The van der Waals surface area contributed by atoms with Crippen molar-refractivity contribution in [2.45, 2.75) is 26.3 Å². The van der Waals surface area contributed by atoms with E-state index in [9.17, 15) is 9.90 Å². The van der Waals surface area contributed by atoms with Gasteiger partial charge in [-0.2, -0.15) is 5.10 Å².